The number of anilines is 1. The number of aliphatic hydroxyl groups excluding tert-OH is 1. The highest BCUT2D eigenvalue weighted by atomic mass is 16.3. The van der Waals surface area contributed by atoms with Crippen LogP contribution in [0.15, 0.2) is 24.3 Å². The molecule has 118 valence electrons. The fourth-order valence-electron chi connectivity index (χ4n) is 3.26. The highest BCUT2D eigenvalue weighted by Gasteiger charge is 2.21. The first kappa shape index (κ1) is 16.3. The average molecular weight is 290 g/mol. The molecule has 0 aromatic heterocycles. The summed E-state index contributed by atoms with van der Waals surface area (Å²) in [4.78, 5) is 2.13. The minimum Gasteiger partial charge on any atom is -0.393 e. The molecule has 1 aliphatic rings. The van der Waals surface area contributed by atoms with Crippen LogP contribution in [0.2, 0.25) is 0 Å². The lowest BCUT2D eigenvalue weighted by atomic mass is 9.87. The highest BCUT2D eigenvalue weighted by molar-refractivity contribution is 5.46. The molecule has 3 heteroatoms. The molecule has 3 unspecified atom stereocenters. The summed E-state index contributed by atoms with van der Waals surface area (Å²) in [6.45, 7) is 3.25. The Labute approximate surface area is 129 Å². The fourth-order valence-corrected chi connectivity index (χ4v) is 3.26. The molecular weight excluding hydrogens is 260 g/mol. The lowest BCUT2D eigenvalue weighted by Gasteiger charge is -2.28. The summed E-state index contributed by atoms with van der Waals surface area (Å²) >= 11 is 0. The second kappa shape index (κ2) is 7.81. The summed E-state index contributed by atoms with van der Waals surface area (Å²) < 4.78 is 0. The first-order valence-electron chi connectivity index (χ1n) is 8.29. The Morgan fingerprint density at radius 3 is 2.52 bits per heavy atom. The van der Waals surface area contributed by atoms with Crippen LogP contribution in [0.3, 0.4) is 0 Å². The number of benzene rings is 1. The van der Waals surface area contributed by atoms with Crippen LogP contribution < -0.4 is 10.2 Å². The second-order valence-electron chi connectivity index (χ2n) is 6.54. The van der Waals surface area contributed by atoms with Crippen molar-refractivity contribution in [1.29, 1.82) is 0 Å². The van der Waals surface area contributed by atoms with Gasteiger partial charge < -0.3 is 15.3 Å². The fraction of sp³-hybridized carbons (Fsp3) is 0.667. The zero-order valence-corrected chi connectivity index (χ0v) is 13.7. The van der Waals surface area contributed by atoms with Gasteiger partial charge in [-0.1, -0.05) is 25.5 Å². The Morgan fingerprint density at radius 2 is 1.95 bits per heavy atom. The smallest absolute Gasteiger partial charge is 0.0543 e. The van der Waals surface area contributed by atoms with Crippen LogP contribution in [0.25, 0.3) is 0 Å². The van der Waals surface area contributed by atoms with Crippen LogP contribution in [0, 0.1) is 5.92 Å². The van der Waals surface area contributed by atoms with Gasteiger partial charge in [0.05, 0.1) is 6.10 Å². The van der Waals surface area contributed by atoms with Gasteiger partial charge in [-0.05, 0) is 55.8 Å². The largest absolute Gasteiger partial charge is 0.393 e. The maximum Gasteiger partial charge on any atom is 0.0543 e. The van der Waals surface area contributed by atoms with Gasteiger partial charge in [-0.2, -0.15) is 0 Å². The quantitative estimate of drug-likeness (QED) is 0.843. The average Bonchev–Trinajstić information content (AvgIpc) is 2.48. The highest BCUT2D eigenvalue weighted by Crippen LogP contribution is 2.25. The maximum atomic E-state index is 9.77. The second-order valence-corrected chi connectivity index (χ2v) is 6.54. The lowest BCUT2D eigenvalue weighted by molar-refractivity contribution is 0.0995. The van der Waals surface area contributed by atoms with Gasteiger partial charge in [0.2, 0.25) is 0 Å². The molecule has 1 aliphatic carbocycles. The molecule has 0 heterocycles. The summed E-state index contributed by atoms with van der Waals surface area (Å²) in [5.41, 5.74) is 2.60. The Balaban J connectivity index is 1.90. The molecule has 1 aromatic carbocycles. The van der Waals surface area contributed by atoms with E-state index in [1.165, 1.54) is 24.1 Å². The van der Waals surface area contributed by atoms with E-state index in [0.29, 0.717) is 12.0 Å². The predicted octanol–water partition coefficient (Wildman–Crippen LogP) is 3.34. The van der Waals surface area contributed by atoms with Crippen molar-refractivity contribution < 1.29 is 5.11 Å². The van der Waals surface area contributed by atoms with Gasteiger partial charge in [-0.15, -0.1) is 0 Å². The van der Waals surface area contributed by atoms with Crippen LogP contribution >= 0.6 is 0 Å². The minimum absolute atomic E-state index is 0.0787. The SMILES string of the molecule is CCC(NCC1CCCC(O)C1)c1ccc(N(C)C)cc1. The van der Waals surface area contributed by atoms with Crippen molar-refractivity contribution in [1.82, 2.24) is 5.32 Å². The summed E-state index contributed by atoms with van der Waals surface area (Å²) in [5, 5.41) is 13.5. The van der Waals surface area contributed by atoms with Gasteiger partial charge in [0.25, 0.3) is 0 Å². The van der Waals surface area contributed by atoms with Crippen molar-refractivity contribution in [2.45, 2.75) is 51.2 Å². The van der Waals surface area contributed by atoms with Crippen molar-refractivity contribution in [3.63, 3.8) is 0 Å². The van der Waals surface area contributed by atoms with Crippen LogP contribution in [-0.4, -0.2) is 31.9 Å². The molecule has 0 bridgehead atoms. The maximum absolute atomic E-state index is 9.77. The third-order valence-electron chi connectivity index (χ3n) is 4.63. The van der Waals surface area contributed by atoms with E-state index in [2.05, 4.69) is 55.5 Å². The Hall–Kier alpha value is -1.06. The van der Waals surface area contributed by atoms with E-state index in [4.69, 9.17) is 0 Å². The zero-order chi connectivity index (χ0) is 15.2. The molecule has 0 aliphatic heterocycles. The molecule has 0 saturated heterocycles. The monoisotopic (exact) mass is 290 g/mol. The lowest BCUT2D eigenvalue weighted by Crippen LogP contribution is -2.31. The first-order valence-corrected chi connectivity index (χ1v) is 8.29. The van der Waals surface area contributed by atoms with Crippen LogP contribution in [0.5, 0.6) is 0 Å². The summed E-state index contributed by atoms with van der Waals surface area (Å²) in [6, 6.07) is 9.24. The van der Waals surface area contributed by atoms with E-state index in [-0.39, 0.29) is 6.10 Å². The number of aliphatic hydroxyl groups is 1. The molecule has 1 aromatic rings. The number of hydrogen-bond acceptors (Lipinski definition) is 3. The number of nitrogens with one attached hydrogen (secondary N) is 1. The van der Waals surface area contributed by atoms with E-state index < -0.39 is 0 Å². The normalized spacial score (nSPS) is 23.8. The molecule has 2 N–H and O–H groups in total. The van der Waals surface area contributed by atoms with Gasteiger partial charge in [-0.3, -0.25) is 0 Å². The molecule has 0 spiro atoms. The van der Waals surface area contributed by atoms with Crippen molar-refractivity contribution in [2.24, 2.45) is 5.92 Å². The summed E-state index contributed by atoms with van der Waals surface area (Å²) in [5.74, 6) is 0.629. The van der Waals surface area contributed by atoms with Gasteiger partial charge in [0.15, 0.2) is 0 Å². The van der Waals surface area contributed by atoms with Crippen LogP contribution in [-0.2, 0) is 0 Å². The molecule has 1 saturated carbocycles. The van der Waals surface area contributed by atoms with Crippen LogP contribution in [0.1, 0.15) is 50.6 Å². The molecule has 0 radical (unpaired) electrons. The van der Waals surface area contributed by atoms with E-state index >= 15 is 0 Å². The summed E-state index contributed by atoms with van der Waals surface area (Å²) in [6.07, 6.45) is 5.38. The van der Waals surface area contributed by atoms with Gasteiger partial charge >= 0.3 is 0 Å². The Bertz CT molecular complexity index is 416. The minimum atomic E-state index is -0.0787. The molecule has 3 atom stereocenters. The third-order valence-corrected chi connectivity index (χ3v) is 4.63. The van der Waals surface area contributed by atoms with Crippen molar-refractivity contribution in [3.8, 4) is 0 Å². The van der Waals surface area contributed by atoms with Gasteiger partial charge in [0.1, 0.15) is 0 Å². The molecular formula is C18H30N2O. The van der Waals surface area contributed by atoms with Crippen LogP contribution in [0.4, 0.5) is 5.69 Å². The van der Waals surface area contributed by atoms with Crippen molar-refractivity contribution >= 4 is 5.69 Å². The standard InChI is InChI=1S/C18H30N2O/c1-4-18(15-8-10-16(11-9-15)20(2)3)19-13-14-6-5-7-17(21)12-14/h8-11,14,17-19,21H,4-7,12-13H2,1-3H3. The predicted molar refractivity (Wildman–Crippen MR) is 89.8 cm³/mol. The Kier molecular flexibility index (Phi) is 6.07. The molecule has 0 amide bonds. The molecule has 3 nitrogen and oxygen atoms in total. The van der Waals surface area contributed by atoms with Crippen molar-refractivity contribution in [2.75, 3.05) is 25.5 Å². The van der Waals surface area contributed by atoms with Gasteiger partial charge in [0, 0.05) is 25.8 Å². The topological polar surface area (TPSA) is 35.5 Å². The summed E-state index contributed by atoms with van der Waals surface area (Å²) in [7, 11) is 4.14. The Morgan fingerprint density at radius 1 is 1.24 bits per heavy atom. The number of hydrogen-bond donors (Lipinski definition) is 2. The zero-order valence-electron chi connectivity index (χ0n) is 13.7. The molecule has 2 rings (SSSR count). The first-order chi connectivity index (χ1) is 10.1. The van der Waals surface area contributed by atoms with E-state index in [1.54, 1.807) is 0 Å². The van der Waals surface area contributed by atoms with E-state index in [9.17, 15) is 5.11 Å². The van der Waals surface area contributed by atoms with E-state index in [0.717, 1.165) is 25.8 Å². The van der Waals surface area contributed by atoms with Crippen molar-refractivity contribution in [3.05, 3.63) is 29.8 Å². The molecule has 21 heavy (non-hydrogen) atoms. The number of rotatable bonds is 6. The van der Waals surface area contributed by atoms with E-state index in [1.807, 2.05) is 0 Å². The molecule has 1 fully saturated rings. The van der Waals surface area contributed by atoms with Gasteiger partial charge in [-0.25, -0.2) is 0 Å². The number of nitrogens with zero attached hydrogens (tertiary/aromatic N) is 1. The third kappa shape index (κ3) is 4.72.